The zero-order valence-corrected chi connectivity index (χ0v) is 11.4. The van der Waals surface area contributed by atoms with Crippen molar-refractivity contribution in [2.24, 2.45) is 0 Å². The van der Waals surface area contributed by atoms with Crippen molar-refractivity contribution in [3.63, 3.8) is 0 Å². The molecule has 0 amide bonds. The van der Waals surface area contributed by atoms with E-state index in [0.29, 0.717) is 6.54 Å². The number of aromatic nitrogens is 2. The quantitative estimate of drug-likeness (QED) is 0.835. The molecule has 0 N–H and O–H groups in total. The van der Waals surface area contributed by atoms with E-state index >= 15 is 0 Å². The van der Waals surface area contributed by atoms with Crippen LogP contribution < -0.4 is 5.56 Å². The van der Waals surface area contributed by atoms with Gasteiger partial charge in [0.25, 0.3) is 5.56 Å². The van der Waals surface area contributed by atoms with E-state index in [9.17, 15) is 4.79 Å². The molecule has 2 aromatic rings. The third-order valence-electron chi connectivity index (χ3n) is 3.58. The molecule has 18 heavy (non-hydrogen) atoms. The molecule has 0 aromatic carbocycles. The van der Waals surface area contributed by atoms with Gasteiger partial charge < -0.3 is 4.74 Å². The van der Waals surface area contributed by atoms with E-state index in [4.69, 9.17) is 4.74 Å². The molecule has 1 saturated heterocycles. The Bertz CT molecular complexity index is 638. The largest absolute Gasteiger partial charge is 0.376 e. The van der Waals surface area contributed by atoms with Crippen LogP contribution in [-0.4, -0.2) is 22.3 Å². The van der Waals surface area contributed by atoms with Crippen molar-refractivity contribution in [2.75, 3.05) is 6.61 Å². The second-order valence-corrected chi connectivity index (χ2v) is 6.00. The second kappa shape index (κ2) is 4.48. The molecule has 0 aliphatic carbocycles. The first-order valence-electron chi connectivity index (χ1n) is 6.23. The van der Waals surface area contributed by atoms with Crippen molar-refractivity contribution in [3.05, 3.63) is 27.1 Å². The van der Waals surface area contributed by atoms with E-state index in [1.165, 1.54) is 4.88 Å². The Morgan fingerprint density at radius 1 is 1.56 bits per heavy atom. The monoisotopic (exact) mass is 264 g/mol. The van der Waals surface area contributed by atoms with Gasteiger partial charge in [-0.3, -0.25) is 9.36 Å². The molecule has 3 heterocycles. The summed E-state index contributed by atoms with van der Waals surface area (Å²) >= 11 is 1.59. The fourth-order valence-corrected chi connectivity index (χ4v) is 3.40. The molecule has 4 nitrogen and oxygen atoms in total. The standard InChI is InChI=1S/C13H16N2O2S/c1-8-9(2)18-12-11(8)13(16)15(7-14-12)6-10-4-3-5-17-10/h7,10H,3-6H2,1-2H3. The number of rotatable bonds is 2. The summed E-state index contributed by atoms with van der Waals surface area (Å²) in [5, 5.41) is 0.776. The van der Waals surface area contributed by atoms with Crippen LogP contribution in [0.15, 0.2) is 11.1 Å². The average molecular weight is 264 g/mol. The molecular weight excluding hydrogens is 248 g/mol. The van der Waals surface area contributed by atoms with Crippen LogP contribution in [0.2, 0.25) is 0 Å². The van der Waals surface area contributed by atoms with Crippen LogP contribution in [0.1, 0.15) is 23.3 Å². The summed E-state index contributed by atoms with van der Waals surface area (Å²) in [6.07, 6.45) is 3.95. The Balaban J connectivity index is 2.05. The maximum absolute atomic E-state index is 12.4. The zero-order valence-electron chi connectivity index (χ0n) is 10.6. The molecule has 0 bridgehead atoms. The third kappa shape index (κ3) is 1.87. The summed E-state index contributed by atoms with van der Waals surface area (Å²) in [7, 11) is 0. The van der Waals surface area contributed by atoms with Gasteiger partial charge in [-0.15, -0.1) is 11.3 Å². The minimum Gasteiger partial charge on any atom is -0.376 e. The molecule has 1 atom stereocenters. The van der Waals surface area contributed by atoms with Crippen LogP contribution in [0.3, 0.4) is 0 Å². The van der Waals surface area contributed by atoms with Crippen molar-refractivity contribution >= 4 is 21.6 Å². The number of thiophene rings is 1. The molecule has 3 rings (SSSR count). The van der Waals surface area contributed by atoms with Crippen molar-refractivity contribution in [1.29, 1.82) is 0 Å². The SMILES string of the molecule is Cc1sc2ncn(CC3CCCO3)c(=O)c2c1C. The Hall–Kier alpha value is -1.20. The highest BCUT2D eigenvalue weighted by Gasteiger charge is 2.18. The van der Waals surface area contributed by atoms with Gasteiger partial charge in [0.05, 0.1) is 24.4 Å². The number of fused-ring (bicyclic) bond motifs is 1. The first kappa shape index (κ1) is 11.9. The first-order valence-corrected chi connectivity index (χ1v) is 7.05. The van der Waals surface area contributed by atoms with Gasteiger partial charge in [-0.2, -0.15) is 0 Å². The smallest absolute Gasteiger partial charge is 0.262 e. The van der Waals surface area contributed by atoms with Crippen LogP contribution >= 0.6 is 11.3 Å². The molecular formula is C13H16N2O2S. The summed E-state index contributed by atoms with van der Waals surface area (Å²) in [5.41, 5.74) is 1.13. The first-order chi connectivity index (χ1) is 8.66. The lowest BCUT2D eigenvalue weighted by Gasteiger charge is -2.11. The second-order valence-electron chi connectivity index (χ2n) is 4.80. The van der Waals surface area contributed by atoms with E-state index in [-0.39, 0.29) is 11.7 Å². The Morgan fingerprint density at radius 2 is 2.39 bits per heavy atom. The highest BCUT2D eigenvalue weighted by molar-refractivity contribution is 7.18. The van der Waals surface area contributed by atoms with Crippen LogP contribution in [0.25, 0.3) is 10.2 Å². The van der Waals surface area contributed by atoms with Crippen LogP contribution in [0, 0.1) is 13.8 Å². The number of aryl methyl sites for hydroxylation is 2. The van der Waals surface area contributed by atoms with Crippen molar-refractivity contribution in [1.82, 2.24) is 9.55 Å². The predicted molar refractivity (Wildman–Crippen MR) is 72.3 cm³/mol. The van der Waals surface area contributed by atoms with E-state index in [0.717, 1.165) is 35.2 Å². The summed E-state index contributed by atoms with van der Waals surface area (Å²) in [6, 6.07) is 0. The molecule has 2 aromatic heterocycles. The minimum absolute atomic E-state index is 0.0670. The topological polar surface area (TPSA) is 44.1 Å². The predicted octanol–water partition coefficient (Wildman–Crippen LogP) is 2.25. The lowest BCUT2D eigenvalue weighted by Crippen LogP contribution is -2.26. The van der Waals surface area contributed by atoms with Crippen LogP contribution in [0.5, 0.6) is 0 Å². The van der Waals surface area contributed by atoms with Crippen LogP contribution in [-0.2, 0) is 11.3 Å². The molecule has 1 aliphatic rings. The summed E-state index contributed by atoms with van der Waals surface area (Å²) in [4.78, 5) is 18.8. The van der Waals surface area contributed by atoms with Crippen LogP contribution in [0.4, 0.5) is 0 Å². The maximum Gasteiger partial charge on any atom is 0.262 e. The van der Waals surface area contributed by atoms with Gasteiger partial charge in [0.2, 0.25) is 0 Å². The third-order valence-corrected chi connectivity index (χ3v) is 4.70. The fourth-order valence-electron chi connectivity index (χ4n) is 2.41. The molecule has 96 valence electrons. The summed E-state index contributed by atoms with van der Waals surface area (Å²) in [6.45, 7) is 5.46. The Morgan fingerprint density at radius 3 is 3.11 bits per heavy atom. The van der Waals surface area contributed by atoms with Gasteiger partial charge in [0.1, 0.15) is 4.83 Å². The molecule has 1 fully saturated rings. The number of hydrogen-bond donors (Lipinski definition) is 0. The number of nitrogens with zero attached hydrogens (tertiary/aromatic N) is 2. The Labute approximate surface area is 109 Å². The van der Waals surface area contributed by atoms with Crippen molar-refractivity contribution in [3.8, 4) is 0 Å². The normalized spacial score (nSPS) is 19.8. The summed E-state index contributed by atoms with van der Waals surface area (Å²) in [5.74, 6) is 0. The van der Waals surface area contributed by atoms with Gasteiger partial charge in [0, 0.05) is 11.5 Å². The highest BCUT2D eigenvalue weighted by Crippen LogP contribution is 2.25. The molecule has 0 radical (unpaired) electrons. The molecule has 0 spiro atoms. The Kier molecular flexibility index (Phi) is 2.95. The highest BCUT2D eigenvalue weighted by atomic mass is 32.1. The van der Waals surface area contributed by atoms with Gasteiger partial charge in [-0.25, -0.2) is 4.98 Å². The van der Waals surface area contributed by atoms with Gasteiger partial charge in [-0.1, -0.05) is 0 Å². The lowest BCUT2D eigenvalue weighted by molar-refractivity contribution is 0.0960. The maximum atomic E-state index is 12.4. The van der Waals surface area contributed by atoms with Gasteiger partial charge >= 0.3 is 0 Å². The average Bonchev–Trinajstić information content (AvgIpc) is 2.93. The molecule has 0 saturated carbocycles. The van der Waals surface area contributed by atoms with E-state index < -0.39 is 0 Å². The lowest BCUT2D eigenvalue weighted by atomic mass is 10.2. The zero-order chi connectivity index (χ0) is 12.7. The molecule has 5 heteroatoms. The number of hydrogen-bond acceptors (Lipinski definition) is 4. The van der Waals surface area contributed by atoms with Gasteiger partial charge in [-0.05, 0) is 32.3 Å². The van der Waals surface area contributed by atoms with Gasteiger partial charge in [0.15, 0.2) is 0 Å². The fraction of sp³-hybridized carbons (Fsp3) is 0.538. The van der Waals surface area contributed by atoms with Crippen molar-refractivity contribution < 1.29 is 4.74 Å². The number of ether oxygens (including phenoxy) is 1. The summed E-state index contributed by atoms with van der Waals surface area (Å²) < 4.78 is 7.27. The van der Waals surface area contributed by atoms with Crippen molar-refractivity contribution in [2.45, 2.75) is 39.3 Å². The molecule has 1 unspecified atom stereocenters. The molecule has 1 aliphatic heterocycles. The van der Waals surface area contributed by atoms with E-state index in [2.05, 4.69) is 4.98 Å². The van der Waals surface area contributed by atoms with E-state index in [1.807, 2.05) is 13.8 Å². The van der Waals surface area contributed by atoms with E-state index in [1.54, 1.807) is 22.2 Å². The minimum atomic E-state index is 0.0670.